The predicted molar refractivity (Wildman–Crippen MR) is 103 cm³/mol. The Bertz CT molecular complexity index is 788. The van der Waals surface area contributed by atoms with E-state index in [-0.39, 0.29) is 6.61 Å². The first-order valence-electron chi connectivity index (χ1n) is 8.98. The van der Waals surface area contributed by atoms with Crippen molar-refractivity contribution < 1.29 is 28.6 Å². The normalized spacial score (nSPS) is 11.2. The number of esters is 2. The van der Waals surface area contributed by atoms with Crippen LogP contribution in [0.4, 0.5) is 5.69 Å². The Balaban J connectivity index is 1.82. The molecule has 0 heterocycles. The first-order valence-corrected chi connectivity index (χ1v) is 8.98. The third kappa shape index (κ3) is 6.42. The molecule has 0 fully saturated rings. The minimum absolute atomic E-state index is 0.287. The summed E-state index contributed by atoms with van der Waals surface area (Å²) in [4.78, 5) is 35.7. The quantitative estimate of drug-likeness (QED) is 0.667. The minimum Gasteiger partial charge on any atom is -0.479 e. The number of carbonyl (C=O) groups excluding carboxylic acids is 3. The molecule has 148 valence electrons. The Morgan fingerprint density at radius 3 is 2.21 bits per heavy atom. The molecule has 0 aliphatic rings. The van der Waals surface area contributed by atoms with Crippen molar-refractivity contribution in [1.82, 2.24) is 0 Å². The van der Waals surface area contributed by atoms with Crippen molar-refractivity contribution in [3.05, 3.63) is 60.2 Å². The lowest BCUT2D eigenvalue weighted by molar-refractivity contribution is -0.154. The molecule has 7 heteroatoms. The topological polar surface area (TPSA) is 90.9 Å². The van der Waals surface area contributed by atoms with Gasteiger partial charge in [0.25, 0.3) is 5.91 Å². The van der Waals surface area contributed by atoms with Gasteiger partial charge in [0.1, 0.15) is 5.75 Å². The lowest BCUT2D eigenvalue weighted by Crippen LogP contribution is -2.31. The Morgan fingerprint density at radius 2 is 1.61 bits per heavy atom. The first-order chi connectivity index (χ1) is 13.5. The van der Waals surface area contributed by atoms with E-state index in [1.165, 1.54) is 0 Å². The fourth-order valence-corrected chi connectivity index (χ4v) is 2.29. The molecule has 1 atom stereocenters. The average Bonchev–Trinajstić information content (AvgIpc) is 2.71. The zero-order chi connectivity index (χ0) is 20.4. The first kappa shape index (κ1) is 21.0. The highest BCUT2D eigenvalue weighted by Gasteiger charge is 2.21. The molecule has 0 saturated carbocycles. The van der Waals surface area contributed by atoms with Crippen LogP contribution in [0.15, 0.2) is 54.6 Å². The molecule has 0 radical (unpaired) electrons. The Hall–Kier alpha value is -3.35. The number of hydrogen-bond acceptors (Lipinski definition) is 6. The van der Waals surface area contributed by atoms with Crippen LogP contribution in [0, 0.1) is 0 Å². The second-order valence-corrected chi connectivity index (χ2v) is 5.78. The van der Waals surface area contributed by atoms with Crippen LogP contribution in [0.25, 0.3) is 0 Å². The van der Waals surface area contributed by atoms with Gasteiger partial charge in [0, 0.05) is 5.69 Å². The van der Waals surface area contributed by atoms with E-state index in [0.717, 1.165) is 0 Å². The maximum Gasteiger partial charge on any atom is 0.347 e. The molecule has 7 nitrogen and oxygen atoms in total. The summed E-state index contributed by atoms with van der Waals surface area (Å²) in [5.41, 5.74) is 0.858. The molecule has 0 aliphatic carbocycles. The second-order valence-electron chi connectivity index (χ2n) is 5.78. The number of para-hydroxylation sites is 1. The molecule has 0 aromatic heterocycles. The molecule has 1 N–H and O–H groups in total. The fraction of sp³-hybridized carbons (Fsp3) is 0.286. The molecular weight excluding hydrogens is 362 g/mol. The van der Waals surface area contributed by atoms with Crippen molar-refractivity contribution in [3.8, 4) is 5.75 Å². The standard InChI is InChI=1S/C21H23NO6/c1-3-18(28-17-8-6-5-7-9-17)21(25)27-14-19(23)22-16-12-10-15(11-13-16)20(24)26-4-2/h5-13,18H,3-4,14H2,1-2H3,(H,22,23)/t18-/m1/s1. The summed E-state index contributed by atoms with van der Waals surface area (Å²) in [5.74, 6) is -0.985. The predicted octanol–water partition coefficient (Wildman–Crippen LogP) is 3.20. The number of amides is 1. The number of carbonyl (C=O) groups is 3. The number of benzene rings is 2. The van der Waals surface area contributed by atoms with Crippen LogP contribution < -0.4 is 10.1 Å². The monoisotopic (exact) mass is 385 g/mol. The summed E-state index contributed by atoms with van der Waals surface area (Å²) < 4.78 is 15.5. The third-order valence-corrected chi connectivity index (χ3v) is 3.68. The van der Waals surface area contributed by atoms with Crippen molar-refractivity contribution in [3.63, 3.8) is 0 Å². The smallest absolute Gasteiger partial charge is 0.347 e. The van der Waals surface area contributed by atoms with Gasteiger partial charge in [-0.05, 0) is 49.7 Å². The fourth-order valence-electron chi connectivity index (χ4n) is 2.29. The van der Waals surface area contributed by atoms with Crippen LogP contribution in [0.3, 0.4) is 0 Å². The van der Waals surface area contributed by atoms with Gasteiger partial charge in [-0.3, -0.25) is 4.79 Å². The molecule has 2 aromatic carbocycles. The van der Waals surface area contributed by atoms with Crippen LogP contribution in [-0.4, -0.2) is 37.2 Å². The lowest BCUT2D eigenvalue weighted by atomic mass is 10.2. The lowest BCUT2D eigenvalue weighted by Gasteiger charge is -2.16. The van der Waals surface area contributed by atoms with E-state index in [2.05, 4.69) is 5.32 Å². The second kappa shape index (κ2) is 10.7. The van der Waals surface area contributed by atoms with E-state index < -0.39 is 30.6 Å². The van der Waals surface area contributed by atoms with Gasteiger partial charge >= 0.3 is 11.9 Å². The zero-order valence-electron chi connectivity index (χ0n) is 15.8. The largest absolute Gasteiger partial charge is 0.479 e. The van der Waals surface area contributed by atoms with Crippen molar-refractivity contribution >= 4 is 23.5 Å². The zero-order valence-corrected chi connectivity index (χ0v) is 15.8. The maximum absolute atomic E-state index is 12.1. The Kier molecular flexibility index (Phi) is 8.02. The van der Waals surface area contributed by atoms with Gasteiger partial charge in [0.05, 0.1) is 12.2 Å². The van der Waals surface area contributed by atoms with Crippen LogP contribution in [0.5, 0.6) is 5.75 Å². The van der Waals surface area contributed by atoms with Crippen molar-refractivity contribution in [2.45, 2.75) is 26.4 Å². The van der Waals surface area contributed by atoms with Crippen molar-refractivity contribution in [2.24, 2.45) is 0 Å². The summed E-state index contributed by atoms with van der Waals surface area (Å²) >= 11 is 0. The molecule has 0 aliphatic heterocycles. The van der Waals surface area contributed by atoms with Gasteiger partial charge < -0.3 is 19.5 Å². The van der Waals surface area contributed by atoms with Gasteiger partial charge in [0.2, 0.25) is 0 Å². The Labute approximate surface area is 163 Å². The van der Waals surface area contributed by atoms with E-state index in [1.807, 2.05) is 6.07 Å². The molecule has 28 heavy (non-hydrogen) atoms. The van der Waals surface area contributed by atoms with Crippen LogP contribution in [-0.2, 0) is 19.1 Å². The summed E-state index contributed by atoms with van der Waals surface area (Å²) in [6.45, 7) is 3.37. The number of anilines is 1. The Morgan fingerprint density at radius 1 is 0.929 bits per heavy atom. The minimum atomic E-state index is -0.793. The third-order valence-electron chi connectivity index (χ3n) is 3.68. The van der Waals surface area contributed by atoms with E-state index in [9.17, 15) is 14.4 Å². The van der Waals surface area contributed by atoms with E-state index in [4.69, 9.17) is 14.2 Å². The van der Waals surface area contributed by atoms with Crippen molar-refractivity contribution in [1.29, 1.82) is 0 Å². The summed E-state index contributed by atoms with van der Waals surface area (Å²) in [7, 11) is 0. The molecule has 1 amide bonds. The maximum atomic E-state index is 12.1. The molecule has 2 rings (SSSR count). The number of nitrogens with one attached hydrogen (secondary N) is 1. The number of ether oxygens (including phenoxy) is 3. The molecule has 0 bridgehead atoms. The summed E-state index contributed by atoms with van der Waals surface area (Å²) in [6, 6.07) is 15.1. The summed E-state index contributed by atoms with van der Waals surface area (Å²) in [5, 5.41) is 2.59. The van der Waals surface area contributed by atoms with Crippen molar-refractivity contribution in [2.75, 3.05) is 18.5 Å². The van der Waals surface area contributed by atoms with E-state index in [0.29, 0.717) is 23.4 Å². The molecule has 0 unspecified atom stereocenters. The summed E-state index contributed by atoms with van der Waals surface area (Å²) in [6.07, 6.45) is -0.385. The highest BCUT2D eigenvalue weighted by molar-refractivity contribution is 5.94. The molecule has 2 aromatic rings. The van der Waals surface area contributed by atoms with Crippen LogP contribution in [0.2, 0.25) is 0 Å². The van der Waals surface area contributed by atoms with Crippen LogP contribution in [0.1, 0.15) is 30.6 Å². The van der Waals surface area contributed by atoms with E-state index >= 15 is 0 Å². The highest BCUT2D eigenvalue weighted by atomic mass is 16.6. The molecular formula is C21H23NO6. The van der Waals surface area contributed by atoms with E-state index in [1.54, 1.807) is 62.4 Å². The molecule has 0 spiro atoms. The highest BCUT2D eigenvalue weighted by Crippen LogP contribution is 2.14. The average molecular weight is 385 g/mol. The van der Waals surface area contributed by atoms with Gasteiger partial charge in [-0.25, -0.2) is 9.59 Å². The number of rotatable bonds is 9. The SMILES string of the molecule is CCOC(=O)c1ccc(NC(=O)COC(=O)[C@@H](CC)Oc2ccccc2)cc1. The molecule has 0 saturated heterocycles. The van der Waals surface area contributed by atoms with Gasteiger partial charge in [-0.15, -0.1) is 0 Å². The van der Waals surface area contributed by atoms with Gasteiger partial charge in [-0.2, -0.15) is 0 Å². The number of hydrogen-bond donors (Lipinski definition) is 1. The van der Waals surface area contributed by atoms with Crippen LogP contribution >= 0.6 is 0 Å². The van der Waals surface area contributed by atoms with Gasteiger partial charge in [0.15, 0.2) is 12.7 Å². The van der Waals surface area contributed by atoms with Gasteiger partial charge in [-0.1, -0.05) is 25.1 Å².